The van der Waals surface area contributed by atoms with Gasteiger partial charge in [0.05, 0.1) is 12.1 Å². The summed E-state index contributed by atoms with van der Waals surface area (Å²) in [5, 5.41) is 13.0. The van der Waals surface area contributed by atoms with E-state index in [-0.39, 0.29) is 12.1 Å². The topological polar surface area (TPSA) is 35.5 Å². The van der Waals surface area contributed by atoms with Crippen molar-refractivity contribution >= 4 is 0 Å². The molecule has 0 bridgehead atoms. The Bertz CT molecular complexity index is 196. The first-order chi connectivity index (χ1) is 7.63. The van der Waals surface area contributed by atoms with E-state index in [1.54, 1.807) is 0 Å². The molecular weight excluding hydrogens is 200 g/mol. The first-order valence-electron chi connectivity index (χ1n) is 6.63. The van der Waals surface area contributed by atoms with E-state index in [2.05, 4.69) is 31.1 Å². The van der Waals surface area contributed by atoms with Gasteiger partial charge in [0.1, 0.15) is 0 Å². The quantitative estimate of drug-likeness (QED) is 0.660. The van der Waals surface area contributed by atoms with Crippen molar-refractivity contribution in [1.82, 2.24) is 10.2 Å². The van der Waals surface area contributed by atoms with Crippen molar-refractivity contribution in [2.24, 2.45) is 5.92 Å². The molecule has 3 nitrogen and oxygen atoms in total. The highest BCUT2D eigenvalue weighted by molar-refractivity contribution is 5.02. The van der Waals surface area contributed by atoms with Gasteiger partial charge < -0.3 is 15.3 Å². The number of hydrogen-bond donors (Lipinski definition) is 2. The second kappa shape index (κ2) is 5.99. The third-order valence-corrected chi connectivity index (χ3v) is 4.24. The Morgan fingerprint density at radius 2 is 1.94 bits per heavy atom. The molecule has 2 N–H and O–H groups in total. The van der Waals surface area contributed by atoms with Crippen molar-refractivity contribution in [2.45, 2.75) is 51.1 Å². The zero-order valence-electron chi connectivity index (χ0n) is 11.3. The summed E-state index contributed by atoms with van der Waals surface area (Å²) in [7, 11) is 4.16. The maximum absolute atomic E-state index is 9.67. The van der Waals surface area contributed by atoms with Gasteiger partial charge in [0, 0.05) is 12.6 Å². The lowest BCUT2D eigenvalue weighted by atomic mass is 9.92. The van der Waals surface area contributed by atoms with E-state index in [0.29, 0.717) is 12.0 Å². The fourth-order valence-electron chi connectivity index (χ4n) is 2.79. The lowest BCUT2D eigenvalue weighted by Crippen LogP contribution is -2.57. The molecule has 0 spiro atoms. The van der Waals surface area contributed by atoms with Crippen molar-refractivity contribution in [3.05, 3.63) is 0 Å². The van der Waals surface area contributed by atoms with Gasteiger partial charge in [-0.1, -0.05) is 13.8 Å². The second-order valence-corrected chi connectivity index (χ2v) is 5.22. The monoisotopic (exact) mass is 228 g/mol. The fourth-order valence-corrected chi connectivity index (χ4v) is 2.79. The Kier molecular flexibility index (Phi) is 5.22. The molecule has 0 heterocycles. The van der Waals surface area contributed by atoms with Crippen LogP contribution in [-0.4, -0.2) is 48.8 Å². The summed E-state index contributed by atoms with van der Waals surface area (Å²) in [4.78, 5) is 2.41. The predicted octanol–water partition coefficient (Wildman–Crippen LogP) is 1.47. The van der Waals surface area contributed by atoms with Gasteiger partial charge in [-0.05, 0) is 45.7 Å². The number of rotatable bonds is 8. The van der Waals surface area contributed by atoms with Gasteiger partial charge in [0.15, 0.2) is 0 Å². The smallest absolute Gasteiger partial charge is 0.0628 e. The predicted molar refractivity (Wildman–Crippen MR) is 68.6 cm³/mol. The molecule has 1 aliphatic carbocycles. The third kappa shape index (κ3) is 2.96. The van der Waals surface area contributed by atoms with Crippen LogP contribution in [0.5, 0.6) is 0 Å². The molecule has 0 aliphatic heterocycles. The number of aliphatic hydroxyl groups excluding tert-OH is 1. The Morgan fingerprint density at radius 3 is 2.25 bits per heavy atom. The molecule has 1 saturated carbocycles. The molecular formula is C13H28N2O. The van der Waals surface area contributed by atoms with Gasteiger partial charge in [0.25, 0.3) is 0 Å². The lowest BCUT2D eigenvalue weighted by molar-refractivity contribution is 0.0872. The highest BCUT2D eigenvalue weighted by Gasteiger charge is 2.44. The lowest BCUT2D eigenvalue weighted by Gasteiger charge is -2.38. The van der Waals surface area contributed by atoms with E-state index >= 15 is 0 Å². The Labute approximate surface area is 100 Å². The molecule has 0 saturated heterocycles. The summed E-state index contributed by atoms with van der Waals surface area (Å²) in [5.74, 6) is 0.666. The fraction of sp³-hybridized carbons (Fsp3) is 1.00. The van der Waals surface area contributed by atoms with Crippen molar-refractivity contribution in [3.63, 3.8) is 0 Å². The van der Waals surface area contributed by atoms with Crippen LogP contribution in [0.3, 0.4) is 0 Å². The average molecular weight is 228 g/mol. The molecule has 1 aliphatic rings. The second-order valence-electron chi connectivity index (χ2n) is 5.22. The molecule has 96 valence electrons. The highest BCUT2D eigenvalue weighted by atomic mass is 16.3. The van der Waals surface area contributed by atoms with Crippen molar-refractivity contribution < 1.29 is 5.11 Å². The first-order valence-corrected chi connectivity index (χ1v) is 6.63. The maximum Gasteiger partial charge on any atom is 0.0628 e. The minimum Gasteiger partial charge on any atom is -0.394 e. The van der Waals surface area contributed by atoms with Crippen LogP contribution >= 0.6 is 0 Å². The van der Waals surface area contributed by atoms with Crippen molar-refractivity contribution in [1.29, 1.82) is 0 Å². The molecule has 3 heteroatoms. The highest BCUT2D eigenvalue weighted by Crippen LogP contribution is 2.40. The molecule has 1 unspecified atom stereocenters. The third-order valence-electron chi connectivity index (χ3n) is 4.24. The minimum absolute atomic E-state index is 0.0721. The van der Waals surface area contributed by atoms with Gasteiger partial charge in [0.2, 0.25) is 0 Å². The summed E-state index contributed by atoms with van der Waals surface area (Å²) in [6.07, 6.45) is 4.89. The molecule has 1 fully saturated rings. The summed E-state index contributed by atoms with van der Waals surface area (Å²) in [5.41, 5.74) is -0.0721. The van der Waals surface area contributed by atoms with Crippen LogP contribution in [0.2, 0.25) is 0 Å². The van der Waals surface area contributed by atoms with E-state index in [0.717, 1.165) is 6.54 Å². The minimum atomic E-state index is -0.0721. The molecule has 0 radical (unpaired) electrons. The zero-order chi connectivity index (χ0) is 12.2. The first kappa shape index (κ1) is 13.9. The molecule has 0 amide bonds. The molecule has 0 aromatic heterocycles. The normalized spacial score (nSPS) is 20.4. The number of aliphatic hydroxyl groups is 1. The van der Waals surface area contributed by atoms with E-state index in [4.69, 9.17) is 0 Å². The molecule has 16 heavy (non-hydrogen) atoms. The average Bonchev–Trinajstić information content (AvgIpc) is 3.12. The summed E-state index contributed by atoms with van der Waals surface area (Å²) >= 11 is 0. The van der Waals surface area contributed by atoms with Crippen LogP contribution in [0.4, 0.5) is 0 Å². The van der Waals surface area contributed by atoms with E-state index < -0.39 is 0 Å². The zero-order valence-corrected chi connectivity index (χ0v) is 11.3. The van der Waals surface area contributed by atoms with Gasteiger partial charge >= 0.3 is 0 Å². The molecule has 0 aromatic rings. The molecule has 0 aromatic carbocycles. The Morgan fingerprint density at radius 1 is 1.38 bits per heavy atom. The van der Waals surface area contributed by atoms with Crippen LogP contribution in [0.1, 0.15) is 39.5 Å². The van der Waals surface area contributed by atoms with Gasteiger partial charge in [-0.3, -0.25) is 0 Å². The molecule has 1 rings (SSSR count). The SMILES string of the molecule is CCC(CC)N(C)CC(CO)(NC)C1CC1. The maximum atomic E-state index is 9.67. The van der Waals surface area contributed by atoms with Crippen LogP contribution in [0, 0.1) is 5.92 Å². The summed E-state index contributed by atoms with van der Waals surface area (Å²) in [6.45, 7) is 5.68. The summed E-state index contributed by atoms with van der Waals surface area (Å²) in [6, 6.07) is 0.637. The standard InChI is InChI=1S/C13H28N2O/c1-5-12(6-2)15(4)9-13(10-16,14-3)11-7-8-11/h11-12,14,16H,5-10H2,1-4H3. The number of hydrogen-bond acceptors (Lipinski definition) is 3. The van der Waals surface area contributed by atoms with Gasteiger partial charge in [-0.15, -0.1) is 0 Å². The largest absolute Gasteiger partial charge is 0.394 e. The number of nitrogens with one attached hydrogen (secondary N) is 1. The number of nitrogens with zero attached hydrogens (tertiary/aromatic N) is 1. The summed E-state index contributed by atoms with van der Waals surface area (Å²) < 4.78 is 0. The van der Waals surface area contributed by atoms with E-state index in [1.165, 1.54) is 25.7 Å². The van der Waals surface area contributed by atoms with Crippen LogP contribution < -0.4 is 5.32 Å². The number of likely N-dealkylation sites (N-methyl/N-ethyl adjacent to an activating group) is 2. The van der Waals surface area contributed by atoms with E-state index in [9.17, 15) is 5.11 Å². The Hall–Kier alpha value is -0.120. The van der Waals surface area contributed by atoms with Gasteiger partial charge in [-0.25, -0.2) is 0 Å². The van der Waals surface area contributed by atoms with E-state index in [1.807, 2.05) is 7.05 Å². The van der Waals surface area contributed by atoms with Crippen LogP contribution in [-0.2, 0) is 0 Å². The molecule has 1 atom stereocenters. The van der Waals surface area contributed by atoms with Crippen molar-refractivity contribution in [3.8, 4) is 0 Å². The van der Waals surface area contributed by atoms with Gasteiger partial charge in [-0.2, -0.15) is 0 Å². The Balaban J connectivity index is 2.60. The van der Waals surface area contributed by atoms with Crippen molar-refractivity contribution in [2.75, 3.05) is 27.2 Å². The van der Waals surface area contributed by atoms with Crippen LogP contribution in [0.15, 0.2) is 0 Å². The van der Waals surface area contributed by atoms with Crippen LogP contribution in [0.25, 0.3) is 0 Å².